The summed E-state index contributed by atoms with van der Waals surface area (Å²) in [7, 11) is 0. The third kappa shape index (κ3) is 5.25. The van der Waals surface area contributed by atoms with E-state index in [1.165, 1.54) is 24.3 Å². The Balaban J connectivity index is 3.02. The van der Waals surface area contributed by atoms with Crippen LogP contribution in [0, 0.1) is 9.39 Å². The first-order chi connectivity index (χ1) is 10.4. The van der Waals surface area contributed by atoms with Crippen molar-refractivity contribution in [2.24, 2.45) is 0 Å². The molecule has 1 rings (SSSR count). The van der Waals surface area contributed by atoms with E-state index in [2.05, 4.69) is 0 Å². The Hall–Kier alpha value is -1.70. The van der Waals surface area contributed by atoms with Crippen LogP contribution in [0.25, 0.3) is 0 Å². The fourth-order valence-electron chi connectivity index (χ4n) is 1.12. The van der Waals surface area contributed by atoms with Crippen molar-refractivity contribution in [2.45, 2.75) is 27.7 Å². The Morgan fingerprint density at radius 2 is 1.36 bits per heavy atom. The second-order valence-electron chi connectivity index (χ2n) is 4.33. The Morgan fingerprint density at radius 3 is 1.73 bits per heavy atom. The van der Waals surface area contributed by atoms with Crippen molar-refractivity contribution < 1.29 is 20.1 Å². The van der Waals surface area contributed by atoms with Gasteiger partial charge in [-0.05, 0) is 0 Å². The van der Waals surface area contributed by atoms with Gasteiger partial charge >= 0.3 is 137 Å². The van der Waals surface area contributed by atoms with Crippen molar-refractivity contribution >= 4 is 32.6 Å². The van der Waals surface area contributed by atoms with Gasteiger partial charge in [0.1, 0.15) is 0 Å². The molecule has 0 bridgehead atoms. The molecule has 0 amide bonds. The van der Waals surface area contributed by atoms with Crippen molar-refractivity contribution in [3.8, 4) is 0 Å². The second kappa shape index (κ2) is 8.67. The first-order valence-corrected chi connectivity index (χ1v) is 9.40. The molecule has 0 unspecified atom stereocenters. The average Bonchev–Trinajstić information content (AvgIpc) is 2.53. The minimum absolute atomic E-state index is 0.411. The molecule has 0 aliphatic rings. The van der Waals surface area contributed by atoms with Gasteiger partial charge in [-0.25, -0.2) is 0 Å². The van der Waals surface area contributed by atoms with E-state index >= 15 is 0 Å². The predicted molar refractivity (Wildman–Crippen MR) is 90.2 cm³/mol. The van der Waals surface area contributed by atoms with Crippen LogP contribution in [-0.2, 0) is 15.7 Å². The Labute approximate surface area is 137 Å². The zero-order valence-corrected chi connectivity index (χ0v) is 15.0. The summed E-state index contributed by atoms with van der Waals surface area (Å²) in [5, 5.41) is 0. The van der Waals surface area contributed by atoms with Crippen molar-refractivity contribution in [1.82, 2.24) is 0 Å². The van der Waals surface area contributed by atoms with Crippen LogP contribution in [0.15, 0.2) is 47.6 Å². The molecule has 0 aliphatic heterocycles. The number of halogens is 2. The quantitative estimate of drug-likeness (QED) is 0.525. The molecule has 0 aromatic heterocycles. The Morgan fingerprint density at radius 1 is 0.955 bits per heavy atom. The fourth-order valence-corrected chi connectivity index (χ4v) is 4.09. The van der Waals surface area contributed by atoms with Gasteiger partial charge in [-0.1, -0.05) is 0 Å². The van der Waals surface area contributed by atoms with Crippen molar-refractivity contribution in [3.05, 3.63) is 57.0 Å². The average molecular weight is 420 g/mol. The van der Waals surface area contributed by atoms with Gasteiger partial charge in [-0.2, -0.15) is 0 Å². The van der Waals surface area contributed by atoms with E-state index in [4.69, 9.17) is 6.13 Å². The number of carbonyl (C=O) groups excluding carboxylic acids is 2. The van der Waals surface area contributed by atoms with Crippen LogP contribution in [0.2, 0.25) is 0 Å². The standard InChI is InChI=1S/C16H18FIO4/c1-5-11(3)15(19)21-18(22-16(20)12(4)6-2)14-9-7-13(17)8-10-14/h5-10H,1-4H3/b11-5+,12-6+. The number of allylic oxidation sites excluding steroid dienone is 2. The normalized spacial score (nSPS) is 12.7. The molecular formula is C16H18FIO4. The molecular weight excluding hydrogens is 402 g/mol. The summed E-state index contributed by atoms with van der Waals surface area (Å²) in [5.74, 6) is -1.49. The summed E-state index contributed by atoms with van der Waals surface area (Å²) in [4.78, 5) is 23.8. The van der Waals surface area contributed by atoms with E-state index in [1.807, 2.05) is 0 Å². The maximum atomic E-state index is 13.0. The summed E-state index contributed by atoms with van der Waals surface area (Å²) in [6.45, 7) is 6.65. The van der Waals surface area contributed by atoms with Gasteiger partial charge in [0.25, 0.3) is 0 Å². The second-order valence-corrected chi connectivity index (χ2v) is 7.69. The Kier molecular flexibility index (Phi) is 7.23. The van der Waals surface area contributed by atoms with Gasteiger partial charge in [-0.3, -0.25) is 0 Å². The molecule has 0 heterocycles. The zero-order valence-electron chi connectivity index (χ0n) is 12.9. The topological polar surface area (TPSA) is 52.6 Å². The van der Waals surface area contributed by atoms with Crippen molar-refractivity contribution in [3.63, 3.8) is 0 Å². The van der Waals surface area contributed by atoms with E-state index in [0.717, 1.165) is 0 Å². The van der Waals surface area contributed by atoms with Crippen LogP contribution in [-0.4, -0.2) is 11.9 Å². The molecule has 0 aliphatic carbocycles. The van der Waals surface area contributed by atoms with Crippen LogP contribution in [0.1, 0.15) is 27.7 Å². The first kappa shape index (κ1) is 18.3. The third-order valence-electron chi connectivity index (χ3n) is 2.77. The fraction of sp³-hybridized carbons (Fsp3) is 0.250. The molecule has 0 fully saturated rings. The molecule has 0 N–H and O–H groups in total. The van der Waals surface area contributed by atoms with Crippen LogP contribution in [0.3, 0.4) is 0 Å². The monoisotopic (exact) mass is 420 g/mol. The molecule has 0 saturated heterocycles. The SMILES string of the molecule is C/C=C(\C)C(=O)OI(OC(=O)/C(C)=C/C)c1ccc(F)cc1. The number of hydrogen-bond donors (Lipinski definition) is 0. The van der Waals surface area contributed by atoms with Gasteiger partial charge < -0.3 is 0 Å². The van der Waals surface area contributed by atoms with E-state index < -0.39 is 38.4 Å². The van der Waals surface area contributed by atoms with Crippen LogP contribution in [0.4, 0.5) is 4.39 Å². The number of benzene rings is 1. The predicted octanol–water partition coefficient (Wildman–Crippen LogP) is 4.35. The number of hydrogen-bond acceptors (Lipinski definition) is 4. The van der Waals surface area contributed by atoms with Gasteiger partial charge in [0.15, 0.2) is 0 Å². The summed E-state index contributed by atoms with van der Waals surface area (Å²) < 4.78 is 24.3. The van der Waals surface area contributed by atoms with E-state index in [9.17, 15) is 14.0 Å². The number of rotatable bonds is 5. The Bertz CT molecular complexity index is 573. The van der Waals surface area contributed by atoms with Gasteiger partial charge in [0, 0.05) is 0 Å². The molecule has 0 spiro atoms. The van der Waals surface area contributed by atoms with Gasteiger partial charge in [0.05, 0.1) is 0 Å². The minimum atomic E-state index is -3.02. The van der Waals surface area contributed by atoms with Crippen LogP contribution >= 0.6 is 20.6 Å². The molecule has 6 heteroatoms. The summed E-state index contributed by atoms with van der Waals surface area (Å²) in [5.41, 5.74) is 0.839. The maximum absolute atomic E-state index is 13.0. The molecule has 4 nitrogen and oxygen atoms in total. The zero-order chi connectivity index (χ0) is 16.7. The van der Waals surface area contributed by atoms with Crippen LogP contribution < -0.4 is 0 Å². The molecule has 0 saturated carbocycles. The molecule has 22 heavy (non-hydrogen) atoms. The third-order valence-corrected chi connectivity index (χ3v) is 6.11. The van der Waals surface area contributed by atoms with Gasteiger partial charge in [0.2, 0.25) is 0 Å². The summed E-state index contributed by atoms with van der Waals surface area (Å²) in [6, 6.07) is 5.42. The molecule has 1 aromatic carbocycles. The van der Waals surface area contributed by atoms with E-state index in [1.54, 1.807) is 39.8 Å². The van der Waals surface area contributed by atoms with E-state index in [0.29, 0.717) is 14.7 Å². The number of carbonyl (C=O) groups is 2. The molecule has 0 radical (unpaired) electrons. The van der Waals surface area contributed by atoms with Crippen molar-refractivity contribution in [2.75, 3.05) is 0 Å². The molecule has 1 aromatic rings. The summed E-state index contributed by atoms with van der Waals surface area (Å²) >= 11 is -3.02. The van der Waals surface area contributed by atoms with Gasteiger partial charge in [-0.15, -0.1) is 0 Å². The molecule has 120 valence electrons. The first-order valence-electron chi connectivity index (χ1n) is 6.56. The summed E-state index contributed by atoms with van der Waals surface area (Å²) in [6.07, 6.45) is 3.22. The van der Waals surface area contributed by atoms with Crippen molar-refractivity contribution in [1.29, 1.82) is 0 Å². The molecule has 0 atom stereocenters. The van der Waals surface area contributed by atoms with E-state index in [-0.39, 0.29) is 0 Å². The van der Waals surface area contributed by atoms with Crippen LogP contribution in [0.5, 0.6) is 0 Å².